The molecular formula is C25H44O. The summed E-state index contributed by atoms with van der Waals surface area (Å²) in [4.78, 5) is 0. The third kappa shape index (κ3) is 12.4. The fourth-order valence-electron chi connectivity index (χ4n) is 3.89. The largest absolute Gasteiger partial charge is 0.508 e. The van der Waals surface area contributed by atoms with Gasteiger partial charge >= 0.3 is 0 Å². The van der Waals surface area contributed by atoms with Gasteiger partial charge in [-0.3, -0.25) is 0 Å². The van der Waals surface area contributed by atoms with Gasteiger partial charge < -0.3 is 5.11 Å². The van der Waals surface area contributed by atoms with Crippen molar-refractivity contribution in [2.24, 2.45) is 5.92 Å². The van der Waals surface area contributed by atoms with E-state index in [-0.39, 0.29) is 0 Å². The van der Waals surface area contributed by atoms with Gasteiger partial charge in [-0.25, -0.2) is 0 Å². The van der Waals surface area contributed by atoms with Crippen LogP contribution in [-0.2, 0) is 6.42 Å². The van der Waals surface area contributed by atoms with E-state index in [9.17, 15) is 5.11 Å². The summed E-state index contributed by atoms with van der Waals surface area (Å²) in [6, 6.07) is 7.82. The molecule has 0 aliphatic rings. The molecule has 0 saturated carbocycles. The van der Waals surface area contributed by atoms with Crippen molar-refractivity contribution in [1.82, 2.24) is 0 Å². The Kier molecular flexibility index (Phi) is 14.4. The summed E-state index contributed by atoms with van der Waals surface area (Å²) in [5, 5.41) is 9.44. The molecule has 0 radical (unpaired) electrons. The van der Waals surface area contributed by atoms with Gasteiger partial charge in [-0.05, 0) is 36.5 Å². The van der Waals surface area contributed by atoms with Crippen LogP contribution in [0.3, 0.4) is 0 Å². The Morgan fingerprint density at radius 2 is 1.08 bits per heavy atom. The van der Waals surface area contributed by atoms with Crippen LogP contribution >= 0.6 is 0 Å². The van der Waals surface area contributed by atoms with Crippen molar-refractivity contribution in [2.45, 2.75) is 117 Å². The Hall–Kier alpha value is -0.980. The Morgan fingerprint density at radius 3 is 1.58 bits per heavy atom. The number of aryl methyl sites for hydroxylation is 1. The van der Waals surface area contributed by atoms with Crippen molar-refractivity contribution in [1.29, 1.82) is 0 Å². The first-order chi connectivity index (χ1) is 12.8. The van der Waals surface area contributed by atoms with Gasteiger partial charge in [0.1, 0.15) is 5.75 Å². The lowest BCUT2D eigenvalue weighted by molar-refractivity contribution is 0.380. The van der Waals surface area contributed by atoms with Gasteiger partial charge in [0.2, 0.25) is 0 Å². The molecule has 0 fully saturated rings. The van der Waals surface area contributed by atoms with Crippen LogP contribution in [0.5, 0.6) is 5.75 Å². The minimum Gasteiger partial charge on any atom is -0.508 e. The minimum absolute atomic E-state index is 0.379. The number of hydrogen-bond donors (Lipinski definition) is 1. The molecule has 0 aliphatic carbocycles. The number of phenols is 1. The van der Waals surface area contributed by atoms with E-state index in [0.717, 1.165) is 12.3 Å². The van der Waals surface area contributed by atoms with E-state index in [4.69, 9.17) is 0 Å². The first kappa shape index (κ1) is 23.1. The highest BCUT2D eigenvalue weighted by atomic mass is 16.3. The van der Waals surface area contributed by atoms with E-state index in [2.05, 4.69) is 26.0 Å². The van der Waals surface area contributed by atoms with Gasteiger partial charge in [0, 0.05) is 0 Å². The van der Waals surface area contributed by atoms with Crippen molar-refractivity contribution in [3.8, 4) is 5.75 Å². The second-order valence-corrected chi connectivity index (χ2v) is 8.18. The molecule has 1 heteroatoms. The average molecular weight is 361 g/mol. The van der Waals surface area contributed by atoms with Crippen LogP contribution in [0.2, 0.25) is 0 Å². The Balaban J connectivity index is 2.26. The van der Waals surface area contributed by atoms with E-state index in [1.165, 1.54) is 102 Å². The summed E-state index contributed by atoms with van der Waals surface area (Å²) in [5.74, 6) is 1.27. The fraction of sp³-hybridized carbons (Fsp3) is 0.760. The zero-order valence-electron chi connectivity index (χ0n) is 17.6. The Bertz CT molecular complexity index is 409. The molecule has 1 aromatic carbocycles. The molecule has 1 atom stereocenters. The maximum Gasteiger partial charge on any atom is 0.115 e. The van der Waals surface area contributed by atoms with Crippen molar-refractivity contribution in [2.75, 3.05) is 0 Å². The number of rotatable bonds is 17. The lowest BCUT2D eigenvalue weighted by atomic mass is 9.89. The van der Waals surface area contributed by atoms with Gasteiger partial charge in [0.25, 0.3) is 0 Å². The monoisotopic (exact) mass is 360 g/mol. The molecule has 0 heterocycles. The number of unbranched alkanes of at least 4 members (excludes halogenated alkanes) is 10. The normalized spacial score (nSPS) is 12.4. The summed E-state index contributed by atoms with van der Waals surface area (Å²) < 4.78 is 0. The topological polar surface area (TPSA) is 20.2 Å². The van der Waals surface area contributed by atoms with Crippen LogP contribution in [0.4, 0.5) is 0 Å². The van der Waals surface area contributed by atoms with E-state index in [1.54, 1.807) is 0 Å². The average Bonchev–Trinajstić information content (AvgIpc) is 2.65. The molecule has 150 valence electrons. The Morgan fingerprint density at radius 1 is 0.615 bits per heavy atom. The lowest BCUT2D eigenvalue weighted by Gasteiger charge is -2.17. The third-order valence-corrected chi connectivity index (χ3v) is 5.71. The van der Waals surface area contributed by atoms with E-state index < -0.39 is 0 Å². The van der Waals surface area contributed by atoms with Crippen LogP contribution in [0.1, 0.15) is 116 Å². The van der Waals surface area contributed by atoms with Crippen LogP contribution in [0.15, 0.2) is 24.3 Å². The van der Waals surface area contributed by atoms with Crippen molar-refractivity contribution >= 4 is 0 Å². The fourth-order valence-corrected chi connectivity index (χ4v) is 3.89. The Labute approximate surface area is 163 Å². The molecular weight excluding hydrogens is 316 g/mol. The number of benzene rings is 1. The van der Waals surface area contributed by atoms with Crippen molar-refractivity contribution in [3.05, 3.63) is 29.8 Å². The maximum atomic E-state index is 9.44. The molecule has 1 nitrogen and oxygen atoms in total. The summed E-state index contributed by atoms with van der Waals surface area (Å²) in [7, 11) is 0. The van der Waals surface area contributed by atoms with E-state index in [1.807, 2.05) is 12.1 Å². The zero-order chi connectivity index (χ0) is 18.9. The second kappa shape index (κ2) is 16.2. The first-order valence-electron chi connectivity index (χ1n) is 11.5. The maximum absolute atomic E-state index is 9.44. The lowest BCUT2D eigenvalue weighted by Crippen LogP contribution is -2.03. The van der Waals surface area contributed by atoms with Crippen LogP contribution in [-0.4, -0.2) is 5.11 Å². The molecule has 1 N–H and O–H groups in total. The highest BCUT2D eigenvalue weighted by Gasteiger charge is 2.09. The molecule has 1 aromatic rings. The third-order valence-electron chi connectivity index (χ3n) is 5.71. The number of aromatic hydroxyl groups is 1. The second-order valence-electron chi connectivity index (χ2n) is 8.18. The molecule has 1 rings (SSSR count). The molecule has 0 aromatic heterocycles. The standard InChI is InChI=1S/C25H44O/c1-3-5-7-9-10-12-14-16-23(15-13-11-8-6-4-2)17-18-24-19-21-25(26)22-20-24/h19-23,26H,3-18H2,1-2H3. The number of hydrogen-bond acceptors (Lipinski definition) is 1. The molecule has 26 heavy (non-hydrogen) atoms. The zero-order valence-corrected chi connectivity index (χ0v) is 17.6. The molecule has 0 bridgehead atoms. The first-order valence-corrected chi connectivity index (χ1v) is 11.5. The van der Waals surface area contributed by atoms with Crippen LogP contribution in [0, 0.1) is 5.92 Å². The van der Waals surface area contributed by atoms with Gasteiger partial charge in [-0.2, -0.15) is 0 Å². The van der Waals surface area contributed by atoms with Gasteiger partial charge in [-0.1, -0.05) is 116 Å². The molecule has 0 spiro atoms. The molecule has 0 amide bonds. The number of phenolic OH excluding ortho intramolecular Hbond substituents is 1. The highest BCUT2D eigenvalue weighted by Crippen LogP contribution is 2.24. The predicted octanol–water partition coefficient (Wildman–Crippen LogP) is 8.44. The van der Waals surface area contributed by atoms with Crippen LogP contribution in [0.25, 0.3) is 0 Å². The van der Waals surface area contributed by atoms with Crippen molar-refractivity contribution < 1.29 is 5.11 Å². The van der Waals surface area contributed by atoms with Gasteiger partial charge in [-0.15, -0.1) is 0 Å². The predicted molar refractivity (Wildman–Crippen MR) is 116 cm³/mol. The summed E-state index contributed by atoms with van der Waals surface area (Å²) in [6.07, 6.45) is 22.2. The minimum atomic E-state index is 0.379. The summed E-state index contributed by atoms with van der Waals surface area (Å²) in [5.41, 5.74) is 1.37. The summed E-state index contributed by atoms with van der Waals surface area (Å²) in [6.45, 7) is 4.58. The molecule has 0 saturated heterocycles. The van der Waals surface area contributed by atoms with Gasteiger partial charge in [0.05, 0.1) is 0 Å². The van der Waals surface area contributed by atoms with Crippen LogP contribution < -0.4 is 0 Å². The van der Waals surface area contributed by atoms with E-state index >= 15 is 0 Å². The van der Waals surface area contributed by atoms with E-state index in [0.29, 0.717) is 5.75 Å². The van der Waals surface area contributed by atoms with Gasteiger partial charge in [0.15, 0.2) is 0 Å². The summed E-state index contributed by atoms with van der Waals surface area (Å²) >= 11 is 0. The SMILES string of the molecule is CCCCCCCCCC(CCCCCCC)CCc1ccc(O)cc1. The highest BCUT2D eigenvalue weighted by molar-refractivity contribution is 5.25. The smallest absolute Gasteiger partial charge is 0.115 e. The van der Waals surface area contributed by atoms with Crippen molar-refractivity contribution in [3.63, 3.8) is 0 Å². The quantitative estimate of drug-likeness (QED) is 0.276. The molecule has 0 aliphatic heterocycles. The molecule has 1 unspecified atom stereocenters.